The third kappa shape index (κ3) is 2.12. The van der Waals surface area contributed by atoms with Crippen molar-refractivity contribution in [2.45, 2.75) is 6.92 Å². The van der Waals surface area contributed by atoms with Gasteiger partial charge in [-0.15, -0.1) is 0 Å². The molecule has 0 aliphatic heterocycles. The fourth-order valence-electron chi connectivity index (χ4n) is 1.43. The Morgan fingerprint density at radius 3 is 2.76 bits per heavy atom. The molecular weight excluding hydrogens is 241 g/mol. The van der Waals surface area contributed by atoms with Gasteiger partial charge >= 0.3 is 0 Å². The van der Waals surface area contributed by atoms with Crippen molar-refractivity contribution in [1.82, 2.24) is 4.98 Å². The highest BCUT2D eigenvalue weighted by Gasteiger charge is 2.16. The van der Waals surface area contributed by atoms with Crippen molar-refractivity contribution in [1.29, 1.82) is 0 Å². The van der Waals surface area contributed by atoms with E-state index in [2.05, 4.69) is 4.98 Å². The first-order chi connectivity index (χ1) is 7.99. The Labute approximate surface area is 101 Å². The van der Waals surface area contributed by atoms with E-state index in [-0.39, 0.29) is 10.7 Å². The summed E-state index contributed by atoms with van der Waals surface area (Å²) in [6, 6.07) is 4.66. The van der Waals surface area contributed by atoms with Gasteiger partial charge in [0.25, 0.3) is 5.91 Å². The number of carbonyl (C=O) groups excluding carboxylic acids is 1. The normalized spacial score (nSPS) is 10.5. The van der Waals surface area contributed by atoms with Gasteiger partial charge in [-0.25, -0.2) is 9.37 Å². The fourth-order valence-corrected chi connectivity index (χ4v) is 2.28. The third-order valence-corrected chi connectivity index (χ3v) is 3.16. The van der Waals surface area contributed by atoms with E-state index in [1.165, 1.54) is 6.07 Å². The number of nitrogens with two attached hydrogens (primary N) is 2. The summed E-state index contributed by atoms with van der Waals surface area (Å²) in [7, 11) is 0. The molecule has 88 valence electrons. The van der Waals surface area contributed by atoms with Crippen LogP contribution in [-0.4, -0.2) is 10.9 Å². The number of primary amides is 1. The minimum absolute atomic E-state index is 0.00842. The Morgan fingerprint density at radius 2 is 2.18 bits per heavy atom. The van der Waals surface area contributed by atoms with E-state index in [1.807, 2.05) is 6.92 Å². The lowest BCUT2D eigenvalue weighted by atomic mass is 10.1. The van der Waals surface area contributed by atoms with Crippen LogP contribution in [0.1, 0.15) is 16.1 Å². The second-order valence-corrected chi connectivity index (χ2v) is 4.61. The molecule has 0 bridgehead atoms. The van der Waals surface area contributed by atoms with Crippen LogP contribution in [0.5, 0.6) is 0 Å². The molecule has 0 fully saturated rings. The molecule has 17 heavy (non-hydrogen) atoms. The van der Waals surface area contributed by atoms with Gasteiger partial charge in [-0.3, -0.25) is 4.79 Å². The first-order valence-electron chi connectivity index (χ1n) is 4.81. The molecule has 0 spiro atoms. The number of thiazole rings is 1. The minimum Gasteiger partial charge on any atom is -0.389 e. The van der Waals surface area contributed by atoms with Gasteiger partial charge < -0.3 is 11.5 Å². The molecule has 0 saturated carbocycles. The summed E-state index contributed by atoms with van der Waals surface area (Å²) in [4.78, 5) is 15.0. The van der Waals surface area contributed by atoms with Gasteiger partial charge in [-0.05, 0) is 19.1 Å². The average molecular weight is 251 g/mol. The third-order valence-electron chi connectivity index (χ3n) is 2.24. The number of hydrogen-bond acceptors (Lipinski definition) is 4. The maximum Gasteiger partial charge on any atom is 0.270 e. The number of amides is 1. The summed E-state index contributed by atoms with van der Waals surface area (Å²) in [5.41, 5.74) is 11.9. The minimum atomic E-state index is -0.710. The molecule has 0 radical (unpaired) electrons. The topological polar surface area (TPSA) is 82.0 Å². The van der Waals surface area contributed by atoms with Crippen LogP contribution in [0, 0.1) is 12.7 Å². The molecule has 1 aromatic carbocycles. The molecule has 0 atom stereocenters. The van der Waals surface area contributed by atoms with Crippen molar-refractivity contribution in [3.63, 3.8) is 0 Å². The number of nitrogen functional groups attached to an aromatic ring is 1. The number of rotatable bonds is 2. The van der Waals surface area contributed by atoms with Crippen molar-refractivity contribution in [2.24, 2.45) is 5.73 Å². The second-order valence-electron chi connectivity index (χ2n) is 3.58. The molecule has 2 rings (SSSR count). The molecule has 1 amide bonds. The fraction of sp³-hybridized carbons (Fsp3) is 0.0909. The zero-order valence-electron chi connectivity index (χ0n) is 9.03. The molecule has 1 aromatic heterocycles. The number of carbonyl (C=O) groups is 1. The SMILES string of the molecule is Cc1ccc(F)c(-c2nc(C(N)=O)c(N)s2)c1. The molecule has 0 unspecified atom stereocenters. The number of aryl methyl sites for hydroxylation is 1. The quantitative estimate of drug-likeness (QED) is 0.855. The smallest absolute Gasteiger partial charge is 0.270 e. The van der Waals surface area contributed by atoms with E-state index >= 15 is 0 Å². The van der Waals surface area contributed by atoms with Crippen LogP contribution in [0.3, 0.4) is 0 Å². The van der Waals surface area contributed by atoms with Crippen LogP contribution in [0.15, 0.2) is 18.2 Å². The van der Waals surface area contributed by atoms with Crippen molar-refractivity contribution >= 4 is 22.2 Å². The Bertz CT molecular complexity index is 594. The van der Waals surface area contributed by atoms with Gasteiger partial charge in [-0.1, -0.05) is 23.0 Å². The van der Waals surface area contributed by atoms with Gasteiger partial charge in [-0.2, -0.15) is 0 Å². The standard InChI is InChI=1S/C11H10FN3OS/c1-5-2-3-7(12)6(4-5)11-15-8(9(13)16)10(14)17-11/h2-4H,14H2,1H3,(H2,13,16). The Morgan fingerprint density at radius 1 is 1.47 bits per heavy atom. The highest BCUT2D eigenvalue weighted by atomic mass is 32.1. The summed E-state index contributed by atoms with van der Waals surface area (Å²) in [5.74, 6) is -1.11. The summed E-state index contributed by atoms with van der Waals surface area (Å²) in [6.07, 6.45) is 0. The Balaban J connectivity index is 2.57. The summed E-state index contributed by atoms with van der Waals surface area (Å²) in [5, 5.41) is 0.561. The molecule has 0 saturated heterocycles. The zero-order valence-corrected chi connectivity index (χ0v) is 9.84. The van der Waals surface area contributed by atoms with Gasteiger partial charge in [0.1, 0.15) is 15.8 Å². The Hall–Kier alpha value is -1.95. The van der Waals surface area contributed by atoms with Gasteiger partial charge in [0.15, 0.2) is 5.69 Å². The van der Waals surface area contributed by atoms with E-state index in [0.29, 0.717) is 10.6 Å². The molecule has 0 aliphatic rings. The predicted molar refractivity (Wildman–Crippen MR) is 65.2 cm³/mol. The average Bonchev–Trinajstić information content (AvgIpc) is 2.64. The second kappa shape index (κ2) is 4.14. The van der Waals surface area contributed by atoms with Crippen LogP contribution in [0.4, 0.5) is 9.39 Å². The lowest BCUT2D eigenvalue weighted by Gasteiger charge is -1.99. The predicted octanol–water partition coefficient (Wildman–Crippen LogP) is 1.94. The zero-order chi connectivity index (χ0) is 12.6. The number of benzene rings is 1. The van der Waals surface area contributed by atoms with E-state index in [4.69, 9.17) is 11.5 Å². The largest absolute Gasteiger partial charge is 0.389 e. The molecule has 2 aromatic rings. The van der Waals surface area contributed by atoms with Crippen LogP contribution >= 0.6 is 11.3 Å². The highest BCUT2D eigenvalue weighted by molar-refractivity contribution is 7.19. The summed E-state index contributed by atoms with van der Waals surface area (Å²) < 4.78 is 13.6. The van der Waals surface area contributed by atoms with E-state index < -0.39 is 11.7 Å². The maximum absolute atomic E-state index is 13.6. The van der Waals surface area contributed by atoms with Gasteiger partial charge in [0.2, 0.25) is 0 Å². The van der Waals surface area contributed by atoms with Crippen molar-refractivity contribution in [3.05, 3.63) is 35.3 Å². The van der Waals surface area contributed by atoms with Crippen LogP contribution in [-0.2, 0) is 0 Å². The highest BCUT2D eigenvalue weighted by Crippen LogP contribution is 2.31. The maximum atomic E-state index is 13.6. The summed E-state index contributed by atoms with van der Waals surface area (Å²) >= 11 is 1.04. The van der Waals surface area contributed by atoms with Gasteiger partial charge in [0, 0.05) is 5.56 Å². The molecule has 0 aliphatic carbocycles. The number of nitrogens with zero attached hydrogens (tertiary/aromatic N) is 1. The van der Waals surface area contributed by atoms with Gasteiger partial charge in [0.05, 0.1) is 0 Å². The number of hydrogen-bond donors (Lipinski definition) is 2. The number of aromatic nitrogens is 1. The van der Waals surface area contributed by atoms with Crippen LogP contribution < -0.4 is 11.5 Å². The molecule has 1 heterocycles. The van der Waals surface area contributed by atoms with Crippen molar-refractivity contribution < 1.29 is 9.18 Å². The molecular formula is C11H10FN3OS. The summed E-state index contributed by atoms with van der Waals surface area (Å²) in [6.45, 7) is 1.84. The molecule has 4 N–H and O–H groups in total. The van der Waals surface area contributed by atoms with Crippen molar-refractivity contribution in [2.75, 3.05) is 5.73 Å². The Kier molecular flexibility index (Phi) is 2.81. The van der Waals surface area contributed by atoms with E-state index in [0.717, 1.165) is 16.9 Å². The van der Waals surface area contributed by atoms with E-state index in [9.17, 15) is 9.18 Å². The van der Waals surface area contributed by atoms with E-state index in [1.54, 1.807) is 12.1 Å². The number of halogens is 1. The first kappa shape index (κ1) is 11.5. The molecule has 4 nitrogen and oxygen atoms in total. The molecule has 6 heteroatoms. The first-order valence-corrected chi connectivity index (χ1v) is 5.63. The lowest BCUT2D eigenvalue weighted by molar-refractivity contribution is 0.0997. The monoisotopic (exact) mass is 251 g/mol. The number of anilines is 1. The lowest BCUT2D eigenvalue weighted by Crippen LogP contribution is -2.13. The van der Waals surface area contributed by atoms with Crippen LogP contribution in [0.2, 0.25) is 0 Å². The van der Waals surface area contributed by atoms with Crippen molar-refractivity contribution in [3.8, 4) is 10.6 Å². The van der Waals surface area contributed by atoms with Crippen LogP contribution in [0.25, 0.3) is 10.6 Å².